The topological polar surface area (TPSA) is 108 Å². The second-order valence-corrected chi connectivity index (χ2v) is 28.8. The Morgan fingerprint density at radius 1 is 0.310 bits per heavy atom. The summed E-state index contributed by atoms with van der Waals surface area (Å²) in [5.41, 5.74) is 0. The number of quaternary nitrogens is 1. The Bertz CT molecular complexity index is 2400. The van der Waals surface area contributed by atoms with Gasteiger partial charge in [0.25, 0.3) is 0 Å². The lowest BCUT2D eigenvalue weighted by Gasteiger charge is -2.24. The molecule has 0 bridgehead atoms. The van der Waals surface area contributed by atoms with Crippen LogP contribution in [0.25, 0.3) is 0 Å². The van der Waals surface area contributed by atoms with Crippen LogP contribution in [0.2, 0.25) is 0 Å². The summed E-state index contributed by atoms with van der Waals surface area (Å²) >= 11 is 0. The van der Waals surface area contributed by atoms with Gasteiger partial charge in [-0.05, 0) is 141 Å². The summed E-state index contributed by atoms with van der Waals surface area (Å²) in [5.74, 6) is -0.804. The molecule has 10 heteroatoms. The molecule has 0 aliphatic heterocycles. The Kier molecular flexibility index (Phi) is 74.0. The molecule has 0 aromatic carbocycles. The number of likely N-dealkylation sites (N-methyl/N-ethyl adjacent to an activating group) is 1. The smallest absolute Gasteiger partial charge is 0.462 e. The van der Waals surface area contributed by atoms with Crippen molar-refractivity contribution in [3.8, 4) is 0 Å². The molecule has 0 spiro atoms. The Morgan fingerprint density at radius 3 is 0.800 bits per heavy atom. The molecule has 2 unspecified atom stereocenters. The lowest BCUT2D eigenvalue weighted by molar-refractivity contribution is -0.870. The first-order valence-electron chi connectivity index (χ1n) is 40.2. The summed E-state index contributed by atoms with van der Waals surface area (Å²) in [5, 5.41) is 0. The fourth-order valence-corrected chi connectivity index (χ4v) is 11.3. The number of esters is 2. The molecule has 0 radical (unpaired) electrons. The minimum atomic E-state index is -4.41. The molecule has 0 amide bonds. The lowest BCUT2D eigenvalue weighted by Crippen LogP contribution is -2.37. The van der Waals surface area contributed by atoms with E-state index in [1.165, 1.54) is 135 Å². The second-order valence-electron chi connectivity index (χ2n) is 27.3. The van der Waals surface area contributed by atoms with Crippen molar-refractivity contribution in [2.45, 2.75) is 315 Å². The van der Waals surface area contributed by atoms with Crippen molar-refractivity contribution in [1.82, 2.24) is 0 Å². The summed E-state index contributed by atoms with van der Waals surface area (Å²) in [7, 11) is 1.46. The highest BCUT2D eigenvalue weighted by Crippen LogP contribution is 2.43. The number of carbonyl (C=O) groups is 2. The number of carbonyl (C=O) groups excluding carboxylic acids is 2. The van der Waals surface area contributed by atoms with Gasteiger partial charge in [0.15, 0.2) is 6.10 Å². The summed E-state index contributed by atoms with van der Waals surface area (Å²) < 4.78 is 34.8. The number of hydrogen-bond acceptors (Lipinski definition) is 7. The van der Waals surface area contributed by atoms with E-state index in [0.29, 0.717) is 17.4 Å². The van der Waals surface area contributed by atoms with Crippen LogP contribution in [0.15, 0.2) is 194 Å². The Hall–Kier alpha value is -5.15. The fraction of sp³-hybridized carbons (Fsp3) is 0.622. The van der Waals surface area contributed by atoms with Gasteiger partial charge in [-0.15, -0.1) is 0 Å². The summed E-state index contributed by atoms with van der Waals surface area (Å²) in [6, 6.07) is 0. The van der Waals surface area contributed by atoms with E-state index in [1.807, 2.05) is 21.1 Å². The first-order valence-corrected chi connectivity index (χ1v) is 41.7. The zero-order valence-corrected chi connectivity index (χ0v) is 65.5. The number of rotatable bonds is 72. The van der Waals surface area contributed by atoms with Crippen molar-refractivity contribution in [3.05, 3.63) is 194 Å². The average molecular weight is 1400 g/mol. The van der Waals surface area contributed by atoms with Crippen LogP contribution >= 0.6 is 7.82 Å². The molecule has 566 valence electrons. The van der Waals surface area contributed by atoms with Gasteiger partial charge in [-0.25, -0.2) is 4.57 Å². The standard InChI is InChI=1S/C90H148NO8P/c1-6-8-10-12-14-16-18-20-22-24-26-28-30-32-34-36-38-40-42-44-45-47-49-51-53-55-57-59-61-63-65-67-69-71-73-75-77-79-81-83-90(93)99-88(87-98-100(94,95)97-85-84-91(3,4)5)86-96-89(92)82-80-78-76-74-72-70-68-66-64-62-60-58-56-54-52-50-48-46-43-41-39-37-35-33-31-29-27-25-23-21-19-17-15-13-11-9-7-2/h8-11,14-17,20-23,26-29,32-35,38-41,44-46,48-49,51-52,54,88H,6-7,12-13,18-19,24-25,30-31,36-37,42-43,47,50,53,55-87H2,1-5H3/p+1/b10-8-,11-9-,16-14-,17-15-,22-20-,23-21-,28-26-,29-27-,34-32-,35-33-,40-38-,41-39-,45-44-,48-46-,51-49-,54-52-. The number of nitrogens with zero attached hydrogens (tertiary/aromatic N) is 1. The van der Waals surface area contributed by atoms with Crippen LogP contribution in [0.4, 0.5) is 0 Å². The largest absolute Gasteiger partial charge is 0.472 e. The van der Waals surface area contributed by atoms with Crippen molar-refractivity contribution < 1.29 is 42.1 Å². The van der Waals surface area contributed by atoms with Gasteiger partial charge in [0, 0.05) is 12.8 Å². The third-order valence-corrected chi connectivity index (χ3v) is 17.6. The van der Waals surface area contributed by atoms with Crippen molar-refractivity contribution in [2.75, 3.05) is 47.5 Å². The molecule has 0 fully saturated rings. The summed E-state index contributed by atoms with van der Waals surface area (Å²) in [6.07, 6.45) is 121. The van der Waals surface area contributed by atoms with Gasteiger partial charge in [0.1, 0.15) is 19.8 Å². The van der Waals surface area contributed by atoms with Crippen LogP contribution < -0.4 is 0 Å². The van der Waals surface area contributed by atoms with E-state index in [2.05, 4.69) is 208 Å². The zero-order valence-electron chi connectivity index (χ0n) is 64.6. The molecule has 0 heterocycles. The van der Waals surface area contributed by atoms with E-state index in [-0.39, 0.29) is 32.0 Å². The van der Waals surface area contributed by atoms with Gasteiger partial charge in [-0.1, -0.05) is 350 Å². The van der Waals surface area contributed by atoms with Crippen LogP contribution in [0.3, 0.4) is 0 Å². The van der Waals surface area contributed by atoms with Crippen LogP contribution in [-0.2, 0) is 32.7 Å². The molecule has 0 rings (SSSR count). The molecule has 0 aliphatic carbocycles. The molecule has 0 aromatic rings. The van der Waals surface area contributed by atoms with Crippen LogP contribution in [0.5, 0.6) is 0 Å². The zero-order chi connectivity index (χ0) is 72.5. The predicted molar refractivity (Wildman–Crippen MR) is 435 cm³/mol. The van der Waals surface area contributed by atoms with Crippen LogP contribution in [-0.4, -0.2) is 74.9 Å². The van der Waals surface area contributed by atoms with Crippen LogP contribution in [0.1, 0.15) is 309 Å². The average Bonchev–Trinajstić information content (AvgIpc) is 1.07. The highest BCUT2D eigenvalue weighted by molar-refractivity contribution is 7.47. The molecular weight excluding hydrogens is 1250 g/mol. The third-order valence-electron chi connectivity index (χ3n) is 16.6. The molecular formula is C90H149NO8P+. The second kappa shape index (κ2) is 78.0. The van der Waals surface area contributed by atoms with Crippen molar-refractivity contribution in [2.24, 2.45) is 0 Å². The molecule has 0 saturated heterocycles. The molecule has 1 N–H and O–H groups in total. The molecule has 100 heavy (non-hydrogen) atoms. The third kappa shape index (κ3) is 81.8. The maximum atomic E-state index is 12.9. The quantitative estimate of drug-likeness (QED) is 0.0211. The predicted octanol–water partition coefficient (Wildman–Crippen LogP) is 27.2. The minimum absolute atomic E-state index is 0.0237. The maximum absolute atomic E-state index is 12.9. The molecule has 9 nitrogen and oxygen atoms in total. The van der Waals surface area contributed by atoms with Gasteiger partial charge in [0.2, 0.25) is 0 Å². The van der Waals surface area contributed by atoms with Crippen molar-refractivity contribution >= 4 is 19.8 Å². The van der Waals surface area contributed by atoms with E-state index in [0.717, 1.165) is 141 Å². The fourth-order valence-electron chi connectivity index (χ4n) is 10.6. The van der Waals surface area contributed by atoms with Crippen molar-refractivity contribution in [1.29, 1.82) is 0 Å². The van der Waals surface area contributed by atoms with E-state index < -0.39 is 26.5 Å². The van der Waals surface area contributed by atoms with Gasteiger partial charge in [-0.3, -0.25) is 18.6 Å². The normalized spacial score (nSPS) is 14.1. The Morgan fingerprint density at radius 2 is 0.540 bits per heavy atom. The SMILES string of the molecule is CC/C=C\C/C=C\C/C=C\C/C=C\C/C=C\C/C=C\C/C=C\C/C=C\CCCCCCCCCCCCCCCCC(=O)OC(COC(=O)CCCCCCCCCCCCCC/C=C\C/C=C\C/C=C\C/C=C\C/C=C\C/C=C\C/C=C\C/C=C\CC)COP(=O)(O)OCC[N+](C)(C)C. The summed E-state index contributed by atoms with van der Waals surface area (Å²) in [4.78, 5) is 36.0. The van der Waals surface area contributed by atoms with E-state index in [4.69, 9.17) is 18.5 Å². The number of allylic oxidation sites excluding steroid dienone is 32. The maximum Gasteiger partial charge on any atom is 0.472 e. The molecule has 0 aliphatic rings. The summed E-state index contributed by atoms with van der Waals surface area (Å²) in [6.45, 7) is 4.21. The van der Waals surface area contributed by atoms with Crippen LogP contribution in [0, 0.1) is 0 Å². The number of hydrogen-bond donors (Lipinski definition) is 1. The van der Waals surface area contributed by atoms with Crippen molar-refractivity contribution in [3.63, 3.8) is 0 Å². The molecule has 0 saturated carbocycles. The highest BCUT2D eigenvalue weighted by Gasteiger charge is 2.27. The Labute approximate surface area is 615 Å². The first kappa shape index (κ1) is 94.8. The van der Waals surface area contributed by atoms with Gasteiger partial charge in [-0.2, -0.15) is 0 Å². The molecule has 0 aromatic heterocycles. The minimum Gasteiger partial charge on any atom is -0.462 e. The highest BCUT2D eigenvalue weighted by atomic mass is 31.2. The van der Waals surface area contributed by atoms with E-state index >= 15 is 0 Å². The number of ether oxygens (including phenoxy) is 2. The number of phosphoric ester groups is 1. The van der Waals surface area contributed by atoms with E-state index in [1.54, 1.807) is 0 Å². The first-order chi connectivity index (χ1) is 49.0. The number of phosphoric acid groups is 1. The van der Waals surface area contributed by atoms with Gasteiger partial charge < -0.3 is 18.9 Å². The lowest BCUT2D eigenvalue weighted by atomic mass is 10.0. The van der Waals surface area contributed by atoms with E-state index in [9.17, 15) is 19.0 Å². The molecule has 2 atom stereocenters. The van der Waals surface area contributed by atoms with Gasteiger partial charge >= 0.3 is 19.8 Å². The number of unbranched alkanes of at least 4 members (excludes halogenated alkanes) is 26. The Balaban J connectivity index is 4.04. The monoisotopic (exact) mass is 1400 g/mol. The van der Waals surface area contributed by atoms with Gasteiger partial charge in [0.05, 0.1) is 27.7 Å².